The smallest absolute Gasteiger partial charge is 0.159 e. The molecule has 0 heterocycles. The number of hydrogen-bond donors (Lipinski definition) is 2. The van der Waals surface area contributed by atoms with Crippen LogP contribution in [0, 0.1) is 0 Å². The van der Waals surface area contributed by atoms with Gasteiger partial charge in [0.1, 0.15) is 0 Å². The molecular formula is C13H21BrN2O2. The number of halogens is 1. The minimum Gasteiger partial charge on any atom is -0.378 e. The van der Waals surface area contributed by atoms with Crippen molar-refractivity contribution >= 4 is 21.6 Å². The molecule has 0 amide bonds. The summed E-state index contributed by atoms with van der Waals surface area (Å²) in [7, 11) is 3.26. The Morgan fingerprint density at radius 2 is 1.83 bits per heavy atom. The van der Waals surface area contributed by atoms with Crippen molar-refractivity contribution in [2.75, 3.05) is 26.1 Å². The molecule has 0 bridgehead atoms. The number of methoxy groups -OCH3 is 2. The van der Waals surface area contributed by atoms with Crippen molar-refractivity contribution in [3.8, 4) is 0 Å². The number of rotatable bonds is 7. The van der Waals surface area contributed by atoms with E-state index in [9.17, 15) is 0 Å². The molecule has 0 aliphatic heterocycles. The summed E-state index contributed by atoms with van der Waals surface area (Å²) in [6.45, 7) is 2.55. The molecule has 0 aliphatic rings. The van der Waals surface area contributed by atoms with E-state index in [2.05, 4.69) is 28.2 Å². The van der Waals surface area contributed by atoms with Gasteiger partial charge in [-0.1, -0.05) is 15.9 Å². The summed E-state index contributed by atoms with van der Waals surface area (Å²) in [5, 5.41) is 3.43. The molecule has 1 unspecified atom stereocenters. The molecule has 18 heavy (non-hydrogen) atoms. The van der Waals surface area contributed by atoms with Gasteiger partial charge in [0.05, 0.1) is 5.54 Å². The molecule has 5 heteroatoms. The highest BCUT2D eigenvalue weighted by atomic mass is 79.9. The molecular weight excluding hydrogens is 296 g/mol. The van der Waals surface area contributed by atoms with Crippen molar-refractivity contribution < 1.29 is 9.47 Å². The van der Waals surface area contributed by atoms with E-state index in [1.807, 2.05) is 24.3 Å². The summed E-state index contributed by atoms with van der Waals surface area (Å²) in [6.07, 6.45) is 0.411. The monoisotopic (exact) mass is 316 g/mol. The van der Waals surface area contributed by atoms with E-state index >= 15 is 0 Å². The second kappa shape index (κ2) is 7.09. The zero-order chi connectivity index (χ0) is 13.6. The first-order chi connectivity index (χ1) is 8.53. The third kappa shape index (κ3) is 4.57. The van der Waals surface area contributed by atoms with Crippen LogP contribution in [0.15, 0.2) is 28.7 Å². The van der Waals surface area contributed by atoms with E-state index in [1.165, 1.54) is 0 Å². The van der Waals surface area contributed by atoms with Crippen LogP contribution in [0.2, 0.25) is 0 Å². The van der Waals surface area contributed by atoms with Gasteiger partial charge < -0.3 is 20.5 Å². The second-order valence-electron chi connectivity index (χ2n) is 4.50. The van der Waals surface area contributed by atoms with Crippen LogP contribution in [0.1, 0.15) is 13.3 Å². The van der Waals surface area contributed by atoms with Gasteiger partial charge in [0.15, 0.2) is 6.29 Å². The fourth-order valence-electron chi connectivity index (χ4n) is 1.70. The molecule has 0 aliphatic carbocycles. The van der Waals surface area contributed by atoms with E-state index in [0.29, 0.717) is 13.0 Å². The van der Waals surface area contributed by atoms with Crippen LogP contribution >= 0.6 is 15.9 Å². The molecule has 1 atom stereocenters. The van der Waals surface area contributed by atoms with Crippen LogP contribution in [0.3, 0.4) is 0 Å². The molecule has 0 fully saturated rings. The highest BCUT2D eigenvalue weighted by molar-refractivity contribution is 9.10. The third-order valence-corrected chi connectivity index (χ3v) is 3.41. The van der Waals surface area contributed by atoms with Crippen LogP contribution in [0.5, 0.6) is 0 Å². The number of ether oxygens (including phenoxy) is 2. The number of nitrogens with one attached hydrogen (secondary N) is 1. The highest BCUT2D eigenvalue weighted by Gasteiger charge is 2.26. The second-order valence-corrected chi connectivity index (χ2v) is 5.42. The maximum absolute atomic E-state index is 5.86. The van der Waals surface area contributed by atoms with Crippen LogP contribution in [-0.4, -0.2) is 32.6 Å². The van der Waals surface area contributed by atoms with Crippen molar-refractivity contribution in [2.24, 2.45) is 5.73 Å². The standard InChI is InChI=1S/C13H21BrN2O2/c1-13(9-15,8-12(17-2)18-3)16-11-6-4-10(14)5-7-11/h4-7,12,16H,8-9,15H2,1-3H3. The van der Waals surface area contributed by atoms with Crippen molar-refractivity contribution in [1.82, 2.24) is 0 Å². The first-order valence-corrected chi connectivity index (χ1v) is 6.61. The minimum atomic E-state index is -0.273. The largest absolute Gasteiger partial charge is 0.378 e. The van der Waals surface area contributed by atoms with Crippen LogP contribution in [0.4, 0.5) is 5.69 Å². The molecule has 0 radical (unpaired) electrons. The molecule has 3 N–H and O–H groups in total. The van der Waals surface area contributed by atoms with E-state index < -0.39 is 0 Å². The number of hydrogen-bond acceptors (Lipinski definition) is 4. The third-order valence-electron chi connectivity index (χ3n) is 2.88. The topological polar surface area (TPSA) is 56.5 Å². The molecule has 0 aromatic heterocycles. The zero-order valence-electron chi connectivity index (χ0n) is 11.1. The summed E-state index contributed by atoms with van der Waals surface area (Å²) in [5.41, 5.74) is 6.61. The van der Waals surface area contributed by atoms with Gasteiger partial charge >= 0.3 is 0 Å². The van der Waals surface area contributed by atoms with Crippen LogP contribution in [0.25, 0.3) is 0 Å². The summed E-state index contributed by atoms with van der Waals surface area (Å²) >= 11 is 3.41. The van der Waals surface area contributed by atoms with E-state index in [-0.39, 0.29) is 11.8 Å². The van der Waals surface area contributed by atoms with Gasteiger partial charge in [-0.2, -0.15) is 0 Å². The zero-order valence-corrected chi connectivity index (χ0v) is 12.7. The van der Waals surface area contributed by atoms with Crippen molar-refractivity contribution in [3.05, 3.63) is 28.7 Å². The van der Waals surface area contributed by atoms with Crippen molar-refractivity contribution in [3.63, 3.8) is 0 Å². The van der Waals surface area contributed by atoms with Crippen molar-refractivity contribution in [1.29, 1.82) is 0 Å². The Morgan fingerprint density at radius 3 is 2.28 bits per heavy atom. The molecule has 1 aromatic carbocycles. The Labute approximate surface area is 117 Å². The van der Waals surface area contributed by atoms with Crippen LogP contribution in [-0.2, 0) is 9.47 Å². The lowest BCUT2D eigenvalue weighted by Crippen LogP contribution is -2.45. The number of nitrogens with two attached hydrogens (primary N) is 1. The maximum Gasteiger partial charge on any atom is 0.159 e. The molecule has 0 saturated heterocycles. The molecule has 4 nitrogen and oxygen atoms in total. The Balaban J connectivity index is 2.72. The van der Waals surface area contributed by atoms with Gasteiger partial charge in [0, 0.05) is 37.3 Å². The average Bonchev–Trinajstić information content (AvgIpc) is 2.39. The minimum absolute atomic E-state index is 0.263. The Morgan fingerprint density at radius 1 is 1.28 bits per heavy atom. The normalized spacial score (nSPS) is 14.6. The van der Waals surface area contributed by atoms with Gasteiger partial charge in [0.2, 0.25) is 0 Å². The lowest BCUT2D eigenvalue weighted by atomic mass is 9.97. The first kappa shape index (κ1) is 15.4. The fraction of sp³-hybridized carbons (Fsp3) is 0.538. The summed E-state index contributed by atoms with van der Waals surface area (Å²) in [4.78, 5) is 0. The lowest BCUT2D eigenvalue weighted by Gasteiger charge is -2.33. The number of anilines is 1. The fourth-order valence-corrected chi connectivity index (χ4v) is 1.96. The molecule has 102 valence electrons. The van der Waals surface area contributed by atoms with Crippen LogP contribution < -0.4 is 11.1 Å². The van der Waals surface area contributed by atoms with Gasteiger partial charge in [-0.25, -0.2) is 0 Å². The molecule has 1 rings (SSSR count). The maximum atomic E-state index is 5.86. The van der Waals surface area contributed by atoms with E-state index in [1.54, 1.807) is 14.2 Å². The van der Waals surface area contributed by atoms with E-state index in [4.69, 9.17) is 15.2 Å². The molecule has 1 aromatic rings. The quantitative estimate of drug-likeness (QED) is 0.759. The predicted molar refractivity (Wildman–Crippen MR) is 77.6 cm³/mol. The predicted octanol–water partition coefficient (Wildman–Crippen LogP) is 2.59. The van der Waals surface area contributed by atoms with E-state index in [0.717, 1.165) is 10.2 Å². The summed E-state index contributed by atoms with van der Waals surface area (Å²) in [5.74, 6) is 0. The lowest BCUT2D eigenvalue weighted by molar-refractivity contribution is -0.113. The summed E-state index contributed by atoms with van der Waals surface area (Å²) in [6, 6.07) is 7.99. The highest BCUT2D eigenvalue weighted by Crippen LogP contribution is 2.22. The average molecular weight is 317 g/mol. The SMILES string of the molecule is COC(CC(C)(CN)Nc1ccc(Br)cc1)OC. The molecule has 0 saturated carbocycles. The van der Waals surface area contributed by atoms with Crippen molar-refractivity contribution in [2.45, 2.75) is 25.2 Å². The summed E-state index contributed by atoms with van der Waals surface area (Å²) < 4.78 is 11.5. The Hall–Kier alpha value is -0.620. The van der Waals surface area contributed by atoms with Gasteiger partial charge in [-0.05, 0) is 31.2 Å². The van der Waals surface area contributed by atoms with Gasteiger partial charge in [-0.15, -0.1) is 0 Å². The molecule has 0 spiro atoms. The van der Waals surface area contributed by atoms with Gasteiger partial charge in [-0.3, -0.25) is 0 Å². The number of benzene rings is 1. The Kier molecular flexibility index (Phi) is 6.08. The first-order valence-electron chi connectivity index (χ1n) is 5.82. The van der Waals surface area contributed by atoms with Gasteiger partial charge in [0.25, 0.3) is 0 Å². The Bertz CT molecular complexity index is 355.